The molecule has 0 spiro atoms. The molecule has 0 N–H and O–H groups in total. The predicted molar refractivity (Wildman–Crippen MR) is 75.5 cm³/mol. The topological polar surface area (TPSA) is 26.3 Å². The SMILES string of the molecule is C=CCc1cc(C)cc(C=O)c1OCCCCC. The molecular formula is C16H22O2. The van der Waals surface area contributed by atoms with Gasteiger partial charge in [-0.25, -0.2) is 0 Å². The molecule has 98 valence electrons. The van der Waals surface area contributed by atoms with Crippen molar-refractivity contribution in [3.63, 3.8) is 0 Å². The van der Waals surface area contributed by atoms with Crippen molar-refractivity contribution in [1.82, 2.24) is 0 Å². The molecule has 0 unspecified atom stereocenters. The minimum Gasteiger partial charge on any atom is -0.493 e. The van der Waals surface area contributed by atoms with Gasteiger partial charge in [-0.3, -0.25) is 4.79 Å². The Bertz CT molecular complexity index is 408. The Morgan fingerprint density at radius 3 is 2.72 bits per heavy atom. The van der Waals surface area contributed by atoms with E-state index >= 15 is 0 Å². The van der Waals surface area contributed by atoms with Crippen LogP contribution in [0.15, 0.2) is 24.8 Å². The molecule has 0 fully saturated rings. The summed E-state index contributed by atoms with van der Waals surface area (Å²) in [5.41, 5.74) is 2.77. The first-order valence-electron chi connectivity index (χ1n) is 6.55. The highest BCUT2D eigenvalue weighted by atomic mass is 16.5. The van der Waals surface area contributed by atoms with Crippen LogP contribution in [0.3, 0.4) is 0 Å². The Kier molecular flexibility index (Phi) is 6.20. The molecular weight excluding hydrogens is 224 g/mol. The van der Waals surface area contributed by atoms with Gasteiger partial charge < -0.3 is 4.74 Å². The summed E-state index contributed by atoms with van der Waals surface area (Å²) >= 11 is 0. The van der Waals surface area contributed by atoms with Gasteiger partial charge in [0, 0.05) is 0 Å². The number of allylic oxidation sites excluding steroid dienone is 1. The third-order valence-electron chi connectivity index (χ3n) is 2.82. The summed E-state index contributed by atoms with van der Waals surface area (Å²) in [5, 5.41) is 0. The van der Waals surface area contributed by atoms with Crippen molar-refractivity contribution in [2.24, 2.45) is 0 Å². The van der Waals surface area contributed by atoms with Gasteiger partial charge in [0.2, 0.25) is 0 Å². The van der Waals surface area contributed by atoms with E-state index in [1.807, 2.05) is 19.1 Å². The van der Waals surface area contributed by atoms with Crippen LogP contribution < -0.4 is 4.74 Å². The van der Waals surface area contributed by atoms with E-state index in [0.717, 1.165) is 48.8 Å². The van der Waals surface area contributed by atoms with Crippen LogP contribution in [0, 0.1) is 6.92 Å². The number of aldehydes is 1. The zero-order valence-corrected chi connectivity index (χ0v) is 11.4. The first-order valence-corrected chi connectivity index (χ1v) is 6.55. The van der Waals surface area contributed by atoms with Crippen LogP contribution in [0.2, 0.25) is 0 Å². The first kappa shape index (κ1) is 14.5. The van der Waals surface area contributed by atoms with Crippen LogP contribution in [0.1, 0.15) is 47.7 Å². The average Bonchev–Trinajstić information content (AvgIpc) is 2.36. The highest BCUT2D eigenvalue weighted by Crippen LogP contribution is 2.26. The third kappa shape index (κ3) is 4.02. The average molecular weight is 246 g/mol. The van der Waals surface area contributed by atoms with Crippen LogP contribution in [0.5, 0.6) is 5.75 Å². The second-order valence-corrected chi connectivity index (χ2v) is 4.51. The minimum absolute atomic E-state index is 0.642. The second kappa shape index (κ2) is 7.70. The molecule has 0 radical (unpaired) electrons. The van der Waals surface area contributed by atoms with E-state index in [4.69, 9.17) is 4.74 Å². The summed E-state index contributed by atoms with van der Waals surface area (Å²) in [4.78, 5) is 11.1. The van der Waals surface area contributed by atoms with Gasteiger partial charge >= 0.3 is 0 Å². The quantitative estimate of drug-likeness (QED) is 0.392. The summed E-state index contributed by atoms with van der Waals surface area (Å²) in [6.45, 7) is 8.56. The fraction of sp³-hybridized carbons (Fsp3) is 0.438. The summed E-state index contributed by atoms with van der Waals surface area (Å²) in [6.07, 6.45) is 6.77. The Morgan fingerprint density at radius 2 is 2.11 bits per heavy atom. The molecule has 0 aliphatic rings. The van der Waals surface area contributed by atoms with Gasteiger partial charge in [0.15, 0.2) is 6.29 Å². The highest BCUT2D eigenvalue weighted by Gasteiger charge is 2.10. The smallest absolute Gasteiger partial charge is 0.153 e. The number of aryl methyl sites for hydroxylation is 1. The molecule has 1 rings (SSSR count). The monoisotopic (exact) mass is 246 g/mol. The molecule has 2 nitrogen and oxygen atoms in total. The number of benzene rings is 1. The highest BCUT2D eigenvalue weighted by molar-refractivity contribution is 5.80. The largest absolute Gasteiger partial charge is 0.493 e. The van der Waals surface area contributed by atoms with Gasteiger partial charge in [-0.05, 0) is 37.0 Å². The predicted octanol–water partition coefficient (Wildman–Crippen LogP) is 4.11. The zero-order chi connectivity index (χ0) is 13.4. The summed E-state index contributed by atoms with van der Waals surface area (Å²) < 4.78 is 5.79. The van der Waals surface area contributed by atoms with Gasteiger partial charge in [-0.2, -0.15) is 0 Å². The Labute approximate surface area is 110 Å². The van der Waals surface area contributed by atoms with Gasteiger partial charge in [0.25, 0.3) is 0 Å². The maximum Gasteiger partial charge on any atom is 0.153 e. The molecule has 0 atom stereocenters. The number of rotatable bonds is 8. The number of ether oxygens (including phenoxy) is 1. The summed E-state index contributed by atoms with van der Waals surface area (Å²) in [7, 11) is 0. The van der Waals surface area contributed by atoms with Crippen molar-refractivity contribution < 1.29 is 9.53 Å². The number of hydrogen-bond acceptors (Lipinski definition) is 2. The first-order chi connectivity index (χ1) is 8.72. The fourth-order valence-electron chi connectivity index (χ4n) is 1.98. The number of carbonyl (C=O) groups is 1. The van der Waals surface area contributed by atoms with Crippen molar-refractivity contribution in [3.05, 3.63) is 41.5 Å². The molecule has 0 aliphatic heterocycles. The molecule has 1 aromatic rings. The molecule has 2 heteroatoms. The van der Waals surface area contributed by atoms with Crippen LogP contribution in [0.4, 0.5) is 0 Å². The molecule has 0 saturated carbocycles. The normalized spacial score (nSPS) is 10.1. The maximum atomic E-state index is 11.1. The Hall–Kier alpha value is -1.57. The summed E-state index contributed by atoms with van der Waals surface area (Å²) in [5.74, 6) is 0.728. The van der Waals surface area contributed by atoms with Gasteiger partial charge in [0.05, 0.1) is 12.2 Å². The zero-order valence-electron chi connectivity index (χ0n) is 11.4. The molecule has 0 saturated heterocycles. The Morgan fingerprint density at radius 1 is 1.33 bits per heavy atom. The Balaban J connectivity index is 2.90. The lowest BCUT2D eigenvalue weighted by molar-refractivity contribution is 0.111. The van der Waals surface area contributed by atoms with E-state index in [1.54, 1.807) is 0 Å². The lowest BCUT2D eigenvalue weighted by Crippen LogP contribution is -2.03. The van der Waals surface area contributed by atoms with E-state index in [0.29, 0.717) is 12.2 Å². The number of carbonyl (C=O) groups excluding carboxylic acids is 1. The molecule has 18 heavy (non-hydrogen) atoms. The number of unbranched alkanes of at least 4 members (excludes halogenated alkanes) is 2. The maximum absolute atomic E-state index is 11.1. The van der Waals surface area contributed by atoms with E-state index in [9.17, 15) is 4.79 Å². The van der Waals surface area contributed by atoms with E-state index in [2.05, 4.69) is 19.6 Å². The van der Waals surface area contributed by atoms with Crippen molar-refractivity contribution in [3.8, 4) is 5.75 Å². The van der Waals surface area contributed by atoms with Crippen molar-refractivity contribution in [2.75, 3.05) is 6.61 Å². The standard InChI is InChI=1S/C16H22O2/c1-4-6-7-9-18-16-14(8-5-2)10-13(3)11-15(16)12-17/h5,10-12H,2,4,6-9H2,1,3H3. The van der Waals surface area contributed by atoms with Crippen molar-refractivity contribution in [2.45, 2.75) is 39.5 Å². The van der Waals surface area contributed by atoms with Crippen LogP contribution in [-0.2, 0) is 6.42 Å². The van der Waals surface area contributed by atoms with Gasteiger partial charge in [-0.15, -0.1) is 6.58 Å². The molecule has 0 heterocycles. The molecule has 1 aromatic carbocycles. The molecule has 0 aliphatic carbocycles. The van der Waals surface area contributed by atoms with Crippen LogP contribution in [0.25, 0.3) is 0 Å². The number of hydrogen-bond donors (Lipinski definition) is 0. The van der Waals surface area contributed by atoms with Gasteiger partial charge in [0.1, 0.15) is 5.75 Å². The lowest BCUT2D eigenvalue weighted by Gasteiger charge is -2.13. The minimum atomic E-state index is 0.642. The molecule has 0 aromatic heterocycles. The molecule has 0 amide bonds. The fourth-order valence-corrected chi connectivity index (χ4v) is 1.98. The summed E-state index contributed by atoms with van der Waals surface area (Å²) in [6, 6.07) is 3.93. The van der Waals surface area contributed by atoms with Crippen LogP contribution >= 0.6 is 0 Å². The van der Waals surface area contributed by atoms with E-state index in [-0.39, 0.29) is 0 Å². The lowest BCUT2D eigenvalue weighted by atomic mass is 10.0. The van der Waals surface area contributed by atoms with E-state index < -0.39 is 0 Å². The van der Waals surface area contributed by atoms with E-state index in [1.165, 1.54) is 0 Å². The third-order valence-corrected chi connectivity index (χ3v) is 2.82. The van der Waals surface area contributed by atoms with Crippen LogP contribution in [-0.4, -0.2) is 12.9 Å². The van der Waals surface area contributed by atoms with Crippen molar-refractivity contribution >= 4 is 6.29 Å². The van der Waals surface area contributed by atoms with Gasteiger partial charge in [-0.1, -0.05) is 31.9 Å². The van der Waals surface area contributed by atoms with Crippen molar-refractivity contribution in [1.29, 1.82) is 0 Å². The second-order valence-electron chi connectivity index (χ2n) is 4.51. The molecule has 0 bridgehead atoms.